The molecule has 0 atom stereocenters. The number of pyridine rings is 1. The van der Waals surface area contributed by atoms with E-state index in [0.717, 1.165) is 37.3 Å². The number of ether oxygens (including phenoxy) is 1. The molecule has 1 aliphatic rings. The van der Waals surface area contributed by atoms with Gasteiger partial charge in [-0.2, -0.15) is 0 Å². The minimum absolute atomic E-state index is 0.546. The van der Waals surface area contributed by atoms with Crippen molar-refractivity contribution in [1.82, 2.24) is 9.38 Å². The van der Waals surface area contributed by atoms with E-state index >= 15 is 0 Å². The Labute approximate surface area is 100 Å². The van der Waals surface area contributed by atoms with E-state index in [1.54, 1.807) is 0 Å². The van der Waals surface area contributed by atoms with Gasteiger partial charge in [-0.15, -0.1) is 0 Å². The number of nitrogens with two attached hydrogens (primary N) is 1. The molecular weight excluding hydrogens is 214 g/mol. The zero-order valence-electron chi connectivity index (χ0n) is 9.80. The molecule has 2 aromatic heterocycles. The maximum absolute atomic E-state index is 5.64. The average molecular weight is 231 g/mol. The van der Waals surface area contributed by atoms with Gasteiger partial charge in [-0.05, 0) is 24.5 Å². The van der Waals surface area contributed by atoms with Crippen LogP contribution in [0.25, 0.3) is 5.65 Å². The lowest BCUT2D eigenvalue weighted by molar-refractivity contribution is 0.0846. The van der Waals surface area contributed by atoms with Crippen LogP contribution in [-0.2, 0) is 11.3 Å². The fourth-order valence-electron chi connectivity index (χ4n) is 2.37. The van der Waals surface area contributed by atoms with Crippen molar-refractivity contribution >= 4 is 5.65 Å². The summed E-state index contributed by atoms with van der Waals surface area (Å²) in [6, 6.07) is 4.07. The number of fused-ring (bicyclic) bond motifs is 1. The standard InChI is InChI=1S/C13H17N3O/c14-7-10-1-2-13-15-12(9-16(13)8-10)11-3-5-17-6-4-11/h1-2,8-9,11H,3-7,14H2. The molecule has 1 aliphatic heterocycles. The van der Waals surface area contributed by atoms with E-state index < -0.39 is 0 Å². The van der Waals surface area contributed by atoms with Crippen LogP contribution in [0.15, 0.2) is 24.5 Å². The molecule has 3 rings (SSSR count). The summed E-state index contributed by atoms with van der Waals surface area (Å²) in [6.45, 7) is 2.28. The largest absolute Gasteiger partial charge is 0.381 e. The van der Waals surface area contributed by atoms with Crippen LogP contribution in [0.3, 0.4) is 0 Å². The minimum Gasteiger partial charge on any atom is -0.381 e. The Balaban J connectivity index is 1.95. The molecule has 1 fully saturated rings. The number of imidazole rings is 1. The Morgan fingerprint density at radius 1 is 1.29 bits per heavy atom. The van der Waals surface area contributed by atoms with E-state index in [1.165, 1.54) is 5.69 Å². The second-order valence-corrected chi connectivity index (χ2v) is 4.56. The van der Waals surface area contributed by atoms with Crippen LogP contribution in [-0.4, -0.2) is 22.6 Å². The third-order valence-corrected chi connectivity index (χ3v) is 3.41. The first-order valence-electron chi connectivity index (χ1n) is 6.12. The summed E-state index contributed by atoms with van der Waals surface area (Å²) in [6.07, 6.45) is 6.34. The third kappa shape index (κ3) is 2.06. The van der Waals surface area contributed by atoms with Crippen LogP contribution in [0.4, 0.5) is 0 Å². The first-order chi connectivity index (χ1) is 8.36. The first kappa shape index (κ1) is 10.7. The molecule has 0 unspecified atom stereocenters. The summed E-state index contributed by atoms with van der Waals surface area (Å²) in [7, 11) is 0. The van der Waals surface area contributed by atoms with E-state index in [2.05, 4.69) is 21.8 Å². The second kappa shape index (κ2) is 4.47. The lowest BCUT2D eigenvalue weighted by Gasteiger charge is -2.19. The maximum atomic E-state index is 5.64. The van der Waals surface area contributed by atoms with Gasteiger partial charge in [0.05, 0.1) is 5.69 Å². The zero-order chi connectivity index (χ0) is 11.7. The monoisotopic (exact) mass is 231 g/mol. The van der Waals surface area contributed by atoms with Gasteiger partial charge in [0.2, 0.25) is 0 Å². The number of nitrogens with zero attached hydrogens (tertiary/aromatic N) is 2. The average Bonchev–Trinajstić information content (AvgIpc) is 2.82. The van der Waals surface area contributed by atoms with Crippen molar-refractivity contribution in [3.63, 3.8) is 0 Å². The molecule has 0 saturated carbocycles. The van der Waals surface area contributed by atoms with Crippen LogP contribution in [0.2, 0.25) is 0 Å². The van der Waals surface area contributed by atoms with Gasteiger partial charge < -0.3 is 14.9 Å². The molecular formula is C13H17N3O. The number of aromatic nitrogens is 2. The highest BCUT2D eigenvalue weighted by molar-refractivity contribution is 5.42. The highest BCUT2D eigenvalue weighted by Gasteiger charge is 2.18. The van der Waals surface area contributed by atoms with Crippen molar-refractivity contribution in [2.45, 2.75) is 25.3 Å². The molecule has 0 radical (unpaired) electrons. The summed E-state index contributed by atoms with van der Waals surface area (Å²) in [4.78, 5) is 4.68. The Morgan fingerprint density at radius 3 is 2.88 bits per heavy atom. The van der Waals surface area contributed by atoms with Gasteiger partial charge in [0.15, 0.2) is 0 Å². The van der Waals surface area contributed by atoms with Crippen molar-refractivity contribution in [3.8, 4) is 0 Å². The zero-order valence-corrected chi connectivity index (χ0v) is 9.80. The van der Waals surface area contributed by atoms with Gasteiger partial charge in [0.25, 0.3) is 0 Å². The SMILES string of the molecule is NCc1ccc2nc(C3CCOCC3)cn2c1. The van der Waals surface area contributed by atoms with Crippen molar-refractivity contribution < 1.29 is 4.74 Å². The number of hydrogen-bond donors (Lipinski definition) is 1. The Morgan fingerprint density at radius 2 is 2.12 bits per heavy atom. The number of rotatable bonds is 2. The first-order valence-corrected chi connectivity index (χ1v) is 6.12. The molecule has 3 heterocycles. The molecule has 2 N–H and O–H groups in total. The molecule has 4 heteroatoms. The molecule has 0 spiro atoms. The maximum Gasteiger partial charge on any atom is 0.137 e. The lowest BCUT2D eigenvalue weighted by Crippen LogP contribution is -2.14. The van der Waals surface area contributed by atoms with Gasteiger partial charge >= 0.3 is 0 Å². The lowest BCUT2D eigenvalue weighted by atomic mass is 9.97. The summed E-state index contributed by atoms with van der Waals surface area (Å²) in [5.74, 6) is 0.546. The molecule has 0 bridgehead atoms. The molecule has 17 heavy (non-hydrogen) atoms. The molecule has 1 saturated heterocycles. The summed E-state index contributed by atoms with van der Waals surface area (Å²) in [5.41, 5.74) is 8.96. The Bertz CT molecular complexity index is 514. The third-order valence-electron chi connectivity index (χ3n) is 3.41. The Hall–Kier alpha value is -1.39. The van der Waals surface area contributed by atoms with E-state index in [-0.39, 0.29) is 0 Å². The van der Waals surface area contributed by atoms with Crippen LogP contribution in [0, 0.1) is 0 Å². The van der Waals surface area contributed by atoms with Gasteiger partial charge in [0.1, 0.15) is 5.65 Å². The van der Waals surface area contributed by atoms with Crippen molar-refractivity contribution in [3.05, 3.63) is 35.8 Å². The van der Waals surface area contributed by atoms with Crippen LogP contribution in [0.1, 0.15) is 30.0 Å². The molecule has 2 aromatic rings. The van der Waals surface area contributed by atoms with Crippen molar-refractivity contribution in [2.24, 2.45) is 5.73 Å². The molecule has 4 nitrogen and oxygen atoms in total. The predicted octanol–water partition coefficient (Wildman–Crippen LogP) is 1.69. The molecule has 90 valence electrons. The second-order valence-electron chi connectivity index (χ2n) is 4.56. The van der Waals surface area contributed by atoms with Crippen molar-refractivity contribution in [1.29, 1.82) is 0 Å². The normalized spacial score (nSPS) is 17.7. The van der Waals surface area contributed by atoms with Gasteiger partial charge in [-0.25, -0.2) is 4.98 Å². The fraction of sp³-hybridized carbons (Fsp3) is 0.462. The highest BCUT2D eigenvalue weighted by atomic mass is 16.5. The predicted molar refractivity (Wildman–Crippen MR) is 65.9 cm³/mol. The van der Waals surface area contributed by atoms with Crippen LogP contribution < -0.4 is 5.73 Å². The molecule has 0 amide bonds. The summed E-state index contributed by atoms with van der Waals surface area (Å²) < 4.78 is 7.46. The highest BCUT2D eigenvalue weighted by Crippen LogP contribution is 2.26. The summed E-state index contributed by atoms with van der Waals surface area (Å²) in [5, 5.41) is 0. The van der Waals surface area contributed by atoms with Crippen LogP contribution >= 0.6 is 0 Å². The fourth-order valence-corrected chi connectivity index (χ4v) is 2.37. The van der Waals surface area contributed by atoms with Crippen LogP contribution in [0.5, 0.6) is 0 Å². The minimum atomic E-state index is 0.546. The van der Waals surface area contributed by atoms with E-state index in [0.29, 0.717) is 12.5 Å². The van der Waals surface area contributed by atoms with E-state index in [9.17, 15) is 0 Å². The smallest absolute Gasteiger partial charge is 0.137 e. The molecule has 0 aliphatic carbocycles. The van der Waals surface area contributed by atoms with Gasteiger partial charge in [-0.3, -0.25) is 0 Å². The molecule has 0 aromatic carbocycles. The van der Waals surface area contributed by atoms with E-state index in [4.69, 9.17) is 10.5 Å². The van der Waals surface area contributed by atoms with Gasteiger partial charge in [0, 0.05) is 38.1 Å². The van der Waals surface area contributed by atoms with Crippen molar-refractivity contribution in [2.75, 3.05) is 13.2 Å². The quantitative estimate of drug-likeness (QED) is 0.855. The van der Waals surface area contributed by atoms with Gasteiger partial charge in [-0.1, -0.05) is 6.07 Å². The Kier molecular flexibility index (Phi) is 2.82. The topological polar surface area (TPSA) is 52.5 Å². The van der Waals surface area contributed by atoms with E-state index in [1.807, 2.05) is 12.1 Å². The summed E-state index contributed by atoms with van der Waals surface area (Å²) >= 11 is 0. The number of hydrogen-bond acceptors (Lipinski definition) is 3.